The van der Waals surface area contributed by atoms with Gasteiger partial charge in [0.15, 0.2) is 0 Å². The third-order valence-corrected chi connectivity index (χ3v) is 5.64. The molecule has 3 aromatic rings. The first-order valence-electron chi connectivity index (χ1n) is 9.96. The summed E-state index contributed by atoms with van der Waals surface area (Å²) < 4.78 is 0. The van der Waals surface area contributed by atoms with E-state index in [1.807, 2.05) is 56.3 Å². The molecule has 2 amide bonds. The van der Waals surface area contributed by atoms with Gasteiger partial charge in [-0.1, -0.05) is 24.3 Å². The lowest BCUT2D eigenvalue weighted by Gasteiger charge is -2.13. The van der Waals surface area contributed by atoms with E-state index in [1.54, 1.807) is 6.92 Å². The standard InChI is InChI=1S/C24H23N3O3/c1-13-10-17-12-16(23(29)27-20(17)11-14(13)2)8-9-25-24(30)22(28)21-15(3)26-19-7-5-4-6-18(19)21/h4-7,10-12,16,26H,8-9H2,1-3H3,(H,25,30). The summed E-state index contributed by atoms with van der Waals surface area (Å²) in [7, 11) is 0. The first-order valence-corrected chi connectivity index (χ1v) is 9.96. The molecule has 1 aliphatic heterocycles. The Morgan fingerprint density at radius 2 is 1.83 bits per heavy atom. The summed E-state index contributed by atoms with van der Waals surface area (Å²) in [5.74, 6) is -1.89. The number of fused-ring (bicyclic) bond motifs is 2. The number of hydrogen-bond donors (Lipinski definition) is 2. The smallest absolute Gasteiger partial charge is 0.292 e. The fourth-order valence-electron chi connectivity index (χ4n) is 3.85. The van der Waals surface area contributed by atoms with Crippen LogP contribution in [0.25, 0.3) is 17.0 Å². The van der Waals surface area contributed by atoms with E-state index in [0.29, 0.717) is 23.0 Å². The number of para-hydroxylation sites is 1. The van der Waals surface area contributed by atoms with Crippen LogP contribution in [-0.2, 0) is 9.59 Å². The molecule has 1 atom stereocenters. The Hall–Kier alpha value is -3.54. The van der Waals surface area contributed by atoms with E-state index < -0.39 is 17.6 Å². The highest BCUT2D eigenvalue weighted by Gasteiger charge is 2.23. The molecule has 0 saturated carbocycles. The Morgan fingerprint density at radius 3 is 2.63 bits per heavy atom. The van der Waals surface area contributed by atoms with Crippen LogP contribution in [0, 0.1) is 26.7 Å². The number of aromatic nitrogens is 1. The minimum atomic E-state index is -0.671. The molecule has 6 heteroatoms. The largest absolute Gasteiger partial charge is 0.358 e. The fraction of sp³-hybridized carbons (Fsp3) is 0.250. The SMILES string of the molecule is Cc1cc2c(cc1C)=NC(=O)C(CCNC(=O)C(=O)c1c(C)[nH]c3ccccc13)C=2. The van der Waals surface area contributed by atoms with Crippen molar-refractivity contribution in [3.8, 4) is 0 Å². The molecule has 0 aliphatic carbocycles. The van der Waals surface area contributed by atoms with E-state index in [1.165, 1.54) is 0 Å². The lowest BCUT2D eigenvalue weighted by Crippen LogP contribution is -2.37. The number of aryl methyl sites for hydroxylation is 3. The average Bonchev–Trinajstić information content (AvgIpc) is 3.05. The van der Waals surface area contributed by atoms with Gasteiger partial charge in [0, 0.05) is 23.1 Å². The molecule has 4 rings (SSSR count). The number of benzene rings is 2. The summed E-state index contributed by atoms with van der Waals surface area (Å²) in [5.41, 5.74) is 4.10. The molecule has 1 aliphatic rings. The molecular formula is C24H23N3O3. The number of aromatic amines is 1. The number of nitrogens with zero attached hydrogens (tertiary/aromatic N) is 1. The van der Waals surface area contributed by atoms with E-state index in [-0.39, 0.29) is 12.5 Å². The third kappa shape index (κ3) is 3.56. The van der Waals surface area contributed by atoms with Gasteiger partial charge >= 0.3 is 0 Å². The van der Waals surface area contributed by atoms with Gasteiger partial charge in [-0.05, 0) is 61.7 Å². The van der Waals surface area contributed by atoms with Crippen molar-refractivity contribution in [2.24, 2.45) is 10.9 Å². The molecule has 1 aromatic heterocycles. The Labute approximate surface area is 173 Å². The number of H-pyrrole nitrogens is 1. The number of nitrogens with one attached hydrogen (secondary N) is 2. The van der Waals surface area contributed by atoms with Gasteiger partial charge in [-0.3, -0.25) is 14.4 Å². The summed E-state index contributed by atoms with van der Waals surface area (Å²) in [6.45, 7) is 6.00. The highest BCUT2D eigenvalue weighted by atomic mass is 16.2. The molecular weight excluding hydrogens is 378 g/mol. The zero-order valence-corrected chi connectivity index (χ0v) is 17.2. The van der Waals surface area contributed by atoms with Gasteiger partial charge in [0.2, 0.25) is 0 Å². The number of carbonyl (C=O) groups is 3. The lowest BCUT2D eigenvalue weighted by molar-refractivity contribution is -0.121. The van der Waals surface area contributed by atoms with Crippen LogP contribution in [0.4, 0.5) is 0 Å². The first-order chi connectivity index (χ1) is 14.3. The number of carbonyl (C=O) groups excluding carboxylic acids is 3. The molecule has 2 heterocycles. The Balaban J connectivity index is 1.45. The fourth-order valence-corrected chi connectivity index (χ4v) is 3.85. The molecule has 0 fully saturated rings. The van der Waals surface area contributed by atoms with E-state index in [0.717, 1.165) is 27.2 Å². The van der Waals surface area contributed by atoms with Crippen LogP contribution in [0.15, 0.2) is 41.4 Å². The van der Waals surface area contributed by atoms with Crippen molar-refractivity contribution in [2.75, 3.05) is 6.54 Å². The second-order valence-electron chi connectivity index (χ2n) is 7.76. The normalized spacial score (nSPS) is 15.3. The van der Waals surface area contributed by atoms with E-state index in [2.05, 4.69) is 15.3 Å². The number of ketones is 1. The van der Waals surface area contributed by atoms with Gasteiger partial charge in [0.05, 0.1) is 16.8 Å². The van der Waals surface area contributed by atoms with E-state index >= 15 is 0 Å². The number of amides is 2. The molecule has 0 spiro atoms. The Bertz CT molecular complexity index is 1320. The second-order valence-corrected chi connectivity index (χ2v) is 7.76. The van der Waals surface area contributed by atoms with E-state index in [9.17, 15) is 14.4 Å². The van der Waals surface area contributed by atoms with Crippen LogP contribution in [0.1, 0.15) is 33.6 Å². The highest BCUT2D eigenvalue weighted by Crippen LogP contribution is 2.22. The zero-order valence-electron chi connectivity index (χ0n) is 17.2. The van der Waals surface area contributed by atoms with Crippen LogP contribution in [0.3, 0.4) is 0 Å². The maximum atomic E-state index is 12.7. The summed E-state index contributed by atoms with van der Waals surface area (Å²) in [5, 5.41) is 5.01. The highest BCUT2D eigenvalue weighted by molar-refractivity contribution is 6.45. The van der Waals surface area contributed by atoms with Gasteiger partial charge in [0.1, 0.15) is 0 Å². The monoisotopic (exact) mass is 401 g/mol. The summed E-state index contributed by atoms with van der Waals surface area (Å²) in [4.78, 5) is 44.8. The average molecular weight is 401 g/mol. The van der Waals surface area contributed by atoms with Crippen molar-refractivity contribution >= 4 is 34.6 Å². The molecule has 152 valence electrons. The van der Waals surface area contributed by atoms with Crippen LogP contribution in [-0.4, -0.2) is 29.1 Å². The molecule has 0 saturated heterocycles. The summed E-state index contributed by atoms with van der Waals surface area (Å²) in [6, 6.07) is 11.3. The van der Waals surface area contributed by atoms with Gasteiger partial charge in [-0.2, -0.15) is 0 Å². The predicted molar refractivity (Wildman–Crippen MR) is 115 cm³/mol. The van der Waals surface area contributed by atoms with E-state index in [4.69, 9.17) is 0 Å². The molecule has 0 radical (unpaired) electrons. The Morgan fingerprint density at radius 1 is 1.10 bits per heavy atom. The van der Waals surface area contributed by atoms with Crippen LogP contribution >= 0.6 is 0 Å². The number of hydrogen-bond acceptors (Lipinski definition) is 3. The van der Waals surface area contributed by atoms with Crippen LogP contribution in [0.5, 0.6) is 0 Å². The molecule has 2 N–H and O–H groups in total. The van der Waals surface area contributed by atoms with Crippen molar-refractivity contribution in [3.05, 3.63) is 69.4 Å². The topological polar surface area (TPSA) is 91.4 Å². The zero-order chi connectivity index (χ0) is 21.4. The lowest BCUT2D eigenvalue weighted by atomic mass is 9.98. The van der Waals surface area contributed by atoms with Crippen molar-refractivity contribution in [3.63, 3.8) is 0 Å². The van der Waals surface area contributed by atoms with Crippen molar-refractivity contribution in [1.29, 1.82) is 0 Å². The first kappa shape index (κ1) is 19.8. The molecule has 1 unspecified atom stereocenters. The molecule has 2 aromatic carbocycles. The maximum absolute atomic E-state index is 12.7. The molecule has 6 nitrogen and oxygen atoms in total. The Kier molecular flexibility index (Phi) is 5.08. The number of Topliss-reactive ketones (excluding diaryl/α,β-unsaturated/α-hetero) is 1. The minimum absolute atomic E-state index is 0.217. The van der Waals surface area contributed by atoms with Gasteiger partial charge in [-0.25, -0.2) is 4.99 Å². The van der Waals surface area contributed by atoms with Gasteiger partial charge in [-0.15, -0.1) is 0 Å². The van der Waals surface area contributed by atoms with Crippen LogP contribution < -0.4 is 15.9 Å². The quantitative estimate of drug-likeness (QED) is 0.506. The summed E-state index contributed by atoms with van der Waals surface area (Å²) >= 11 is 0. The second kappa shape index (κ2) is 7.71. The minimum Gasteiger partial charge on any atom is -0.358 e. The summed E-state index contributed by atoms with van der Waals surface area (Å²) in [6.07, 6.45) is 2.29. The predicted octanol–water partition coefficient (Wildman–Crippen LogP) is 2.04. The van der Waals surface area contributed by atoms with Gasteiger partial charge in [0.25, 0.3) is 17.6 Å². The third-order valence-electron chi connectivity index (χ3n) is 5.64. The van der Waals surface area contributed by atoms with Gasteiger partial charge < -0.3 is 10.3 Å². The van der Waals surface area contributed by atoms with Crippen molar-refractivity contribution < 1.29 is 14.4 Å². The number of rotatable bonds is 5. The van der Waals surface area contributed by atoms with Crippen LogP contribution in [0.2, 0.25) is 0 Å². The van der Waals surface area contributed by atoms with Crippen molar-refractivity contribution in [1.82, 2.24) is 10.3 Å². The maximum Gasteiger partial charge on any atom is 0.292 e. The molecule has 0 bridgehead atoms. The molecule has 30 heavy (non-hydrogen) atoms. The van der Waals surface area contributed by atoms with Crippen molar-refractivity contribution in [2.45, 2.75) is 27.2 Å².